The molecule has 0 radical (unpaired) electrons. The molecule has 1 atom stereocenters. The van der Waals surface area contributed by atoms with Gasteiger partial charge in [0.25, 0.3) is 0 Å². The summed E-state index contributed by atoms with van der Waals surface area (Å²) in [6.45, 7) is 2.14. The van der Waals surface area contributed by atoms with Crippen LogP contribution in [0.25, 0.3) is 0 Å². The lowest BCUT2D eigenvalue weighted by Gasteiger charge is -2.14. The fourth-order valence-corrected chi connectivity index (χ4v) is 1.58. The third kappa shape index (κ3) is 3.43. The third-order valence-electron chi connectivity index (χ3n) is 2.31. The highest BCUT2D eigenvalue weighted by Crippen LogP contribution is 2.12. The quantitative estimate of drug-likeness (QED) is 0.771. The molecule has 0 fully saturated rings. The number of alkyl halides is 1. The molecule has 1 rings (SSSR count). The molecule has 0 bridgehead atoms. The van der Waals surface area contributed by atoms with E-state index in [4.69, 9.17) is 11.6 Å². The summed E-state index contributed by atoms with van der Waals surface area (Å²) < 4.78 is 26.4. The zero-order valence-electron chi connectivity index (χ0n) is 8.56. The predicted octanol–water partition coefficient (Wildman–Crippen LogP) is 3.07. The van der Waals surface area contributed by atoms with Gasteiger partial charge in [-0.3, -0.25) is 0 Å². The maximum absolute atomic E-state index is 13.2. The van der Waals surface area contributed by atoms with Crippen molar-refractivity contribution in [3.05, 3.63) is 35.4 Å². The number of benzene rings is 1. The summed E-state index contributed by atoms with van der Waals surface area (Å²) in [6, 6.07) is 3.95. The van der Waals surface area contributed by atoms with Gasteiger partial charge in [-0.05, 0) is 18.6 Å². The largest absolute Gasteiger partial charge is 0.309 e. The molecule has 1 N–H and O–H groups in total. The van der Waals surface area contributed by atoms with Crippen LogP contribution >= 0.6 is 11.6 Å². The molecule has 0 aliphatic rings. The minimum atomic E-state index is -0.521. The van der Waals surface area contributed by atoms with Crippen LogP contribution in [0.3, 0.4) is 0 Å². The highest BCUT2D eigenvalue weighted by atomic mass is 35.5. The molecule has 0 amide bonds. The SMILES string of the molecule is CCC(CCl)NCc1c(F)cccc1F. The first-order valence-corrected chi connectivity index (χ1v) is 5.44. The van der Waals surface area contributed by atoms with Gasteiger partial charge in [0.05, 0.1) is 0 Å². The number of halogens is 3. The van der Waals surface area contributed by atoms with Crippen LogP contribution in [-0.4, -0.2) is 11.9 Å². The highest BCUT2D eigenvalue weighted by molar-refractivity contribution is 6.18. The van der Waals surface area contributed by atoms with Gasteiger partial charge in [-0.25, -0.2) is 8.78 Å². The zero-order valence-corrected chi connectivity index (χ0v) is 9.32. The first kappa shape index (κ1) is 12.4. The topological polar surface area (TPSA) is 12.0 Å². The summed E-state index contributed by atoms with van der Waals surface area (Å²) in [5, 5.41) is 3.01. The van der Waals surface area contributed by atoms with Crippen LogP contribution in [0.2, 0.25) is 0 Å². The van der Waals surface area contributed by atoms with Crippen LogP contribution in [0.15, 0.2) is 18.2 Å². The van der Waals surface area contributed by atoms with E-state index in [9.17, 15) is 8.78 Å². The average Bonchev–Trinajstić information content (AvgIpc) is 2.23. The smallest absolute Gasteiger partial charge is 0.130 e. The maximum Gasteiger partial charge on any atom is 0.130 e. The molecule has 1 nitrogen and oxygen atoms in total. The summed E-state index contributed by atoms with van der Waals surface area (Å²) in [7, 11) is 0. The van der Waals surface area contributed by atoms with E-state index in [-0.39, 0.29) is 18.2 Å². The second-order valence-electron chi connectivity index (χ2n) is 3.34. The minimum Gasteiger partial charge on any atom is -0.309 e. The Hall–Kier alpha value is -0.670. The van der Waals surface area contributed by atoms with E-state index in [1.54, 1.807) is 0 Å². The lowest BCUT2D eigenvalue weighted by atomic mass is 10.1. The second kappa shape index (κ2) is 6.03. The first-order valence-electron chi connectivity index (χ1n) is 4.91. The van der Waals surface area contributed by atoms with Gasteiger partial charge in [0.15, 0.2) is 0 Å². The summed E-state index contributed by atoms with van der Waals surface area (Å²) in [5.41, 5.74) is 0.0704. The van der Waals surface area contributed by atoms with Crippen LogP contribution in [0, 0.1) is 11.6 Å². The Morgan fingerprint density at radius 1 is 1.33 bits per heavy atom. The molecule has 0 aliphatic heterocycles. The maximum atomic E-state index is 13.2. The lowest BCUT2D eigenvalue weighted by Crippen LogP contribution is -2.30. The van der Waals surface area contributed by atoms with Crippen LogP contribution < -0.4 is 5.32 Å². The molecule has 1 unspecified atom stereocenters. The van der Waals surface area contributed by atoms with Gasteiger partial charge in [-0.1, -0.05) is 13.0 Å². The molecular formula is C11H14ClF2N. The second-order valence-corrected chi connectivity index (χ2v) is 3.65. The standard InChI is InChI=1S/C11H14ClF2N/c1-2-8(6-12)15-7-9-10(13)4-3-5-11(9)14/h3-5,8,15H,2,6-7H2,1H3. The van der Waals surface area contributed by atoms with E-state index in [1.807, 2.05) is 6.92 Å². The Labute approximate surface area is 93.4 Å². The monoisotopic (exact) mass is 233 g/mol. The summed E-state index contributed by atoms with van der Waals surface area (Å²) in [5.74, 6) is -0.606. The van der Waals surface area contributed by atoms with Crippen LogP contribution in [0.4, 0.5) is 8.78 Å². The van der Waals surface area contributed by atoms with Crippen LogP contribution in [0.5, 0.6) is 0 Å². The molecule has 0 spiro atoms. The molecule has 0 heterocycles. The molecule has 0 saturated carbocycles. The van der Waals surface area contributed by atoms with Gasteiger partial charge in [-0.2, -0.15) is 0 Å². The van der Waals surface area contributed by atoms with E-state index in [0.717, 1.165) is 6.42 Å². The minimum absolute atomic E-state index is 0.0704. The van der Waals surface area contributed by atoms with Gasteiger partial charge in [0.2, 0.25) is 0 Å². The molecular weight excluding hydrogens is 220 g/mol. The first-order chi connectivity index (χ1) is 7.19. The molecule has 1 aromatic carbocycles. The molecule has 15 heavy (non-hydrogen) atoms. The van der Waals surface area contributed by atoms with Crippen molar-refractivity contribution in [2.75, 3.05) is 5.88 Å². The van der Waals surface area contributed by atoms with Crippen LogP contribution in [-0.2, 0) is 6.54 Å². The van der Waals surface area contributed by atoms with E-state index >= 15 is 0 Å². The van der Waals surface area contributed by atoms with Gasteiger partial charge >= 0.3 is 0 Å². The van der Waals surface area contributed by atoms with Gasteiger partial charge in [0.1, 0.15) is 11.6 Å². The van der Waals surface area contributed by atoms with Crippen LogP contribution in [0.1, 0.15) is 18.9 Å². The Morgan fingerprint density at radius 2 is 1.93 bits per heavy atom. The summed E-state index contributed by atoms with van der Waals surface area (Å²) >= 11 is 5.66. The zero-order chi connectivity index (χ0) is 11.3. The Balaban J connectivity index is 2.64. The average molecular weight is 234 g/mol. The van der Waals surface area contributed by atoms with Crippen molar-refractivity contribution in [1.82, 2.24) is 5.32 Å². The van der Waals surface area contributed by atoms with E-state index in [2.05, 4.69) is 5.32 Å². The van der Waals surface area contributed by atoms with Crippen molar-refractivity contribution < 1.29 is 8.78 Å². The number of hydrogen-bond donors (Lipinski definition) is 1. The molecule has 1 aromatic rings. The molecule has 0 aliphatic carbocycles. The fraction of sp³-hybridized carbons (Fsp3) is 0.455. The van der Waals surface area contributed by atoms with Crippen molar-refractivity contribution in [2.45, 2.75) is 25.9 Å². The van der Waals surface area contributed by atoms with Gasteiger partial charge < -0.3 is 5.32 Å². The van der Waals surface area contributed by atoms with Crippen molar-refractivity contribution in [3.8, 4) is 0 Å². The number of hydrogen-bond acceptors (Lipinski definition) is 1. The van der Waals surface area contributed by atoms with E-state index in [0.29, 0.717) is 5.88 Å². The number of nitrogens with one attached hydrogen (secondary N) is 1. The molecule has 0 aromatic heterocycles. The molecule has 84 valence electrons. The van der Waals surface area contributed by atoms with Gasteiger partial charge in [-0.15, -0.1) is 11.6 Å². The van der Waals surface area contributed by atoms with Crippen molar-refractivity contribution >= 4 is 11.6 Å². The predicted molar refractivity (Wildman–Crippen MR) is 58.0 cm³/mol. The molecule has 0 saturated heterocycles. The van der Waals surface area contributed by atoms with E-state index in [1.165, 1.54) is 18.2 Å². The number of rotatable bonds is 5. The Bertz CT molecular complexity index is 293. The Morgan fingerprint density at radius 3 is 2.40 bits per heavy atom. The fourth-order valence-electron chi connectivity index (χ4n) is 1.26. The highest BCUT2D eigenvalue weighted by Gasteiger charge is 2.10. The Kier molecular flexibility index (Phi) is 4.99. The summed E-state index contributed by atoms with van der Waals surface area (Å²) in [4.78, 5) is 0. The summed E-state index contributed by atoms with van der Waals surface area (Å²) in [6.07, 6.45) is 0.833. The lowest BCUT2D eigenvalue weighted by molar-refractivity contribution is 0.495. The molecule has 4 heteroatoms. The van der Waals surface area contributed by atoms with E-state index < -0.39 is 11.6 Å². The van der Waals surface area contributed by atoms with Crippen molar-refractivity contribution in [2.24, 2.45) is 0 Å². The third-order valence-corrected chi connectivity index (χ3v) is 2.68. The van der Waals surface area contributed by atoms with Gasteiger partial charge in [0, 0.05) is 24.0 Å². The van der Waals surface area contributed by atoms with Crippen molar-refractivity contribution in [1.29, 1.82) is 0 Å². The van der Waals surface area contributed by atoms with Crippen molar-refractivity contribution in [3.63, 3.8) is 0 Å². The normalized spacial score (nSPS) is 12.8.